The first-order chi connectivity index (χ1) is 7.16. The molecule has 5 nitrogen and oxygen atoms in total. The number of hydrogen-bond acceptors (Lipinski definition) is 5. The minimum absolute atomic E-state index is 0. The van der Waals surface area contributed by atoms with Crippen molar-refractivity contribution in [1.82, 2.24) is 0 Å². The van der Waals surface area contributed by atoms with E-state index in [2.05, 4.69) is 0 Å². The van der Waals surface area contributed by atoms with Crippen LogP contribution in [-0.4, -0.2) is 18.9 Å². The molecule has 0 spiro atoms. The number of carbonyl (C=O) groups excluding carboxylic acids is 1. The molecular formula is C7HCl3K2O5S. The smallest absolute Gasteiger partial charge is 0.744 e. The Bertz CT molecular complexity index is 575. The van der Waals surface area contributed by atoms with Gasteiger partial charge in [-0.2, -0.15) is 0 Å². The van der Waals surface area contributed by atoms with E-state index in [9.17, 15) is 22.9 Å². The van der Waals surface area contributed by atoms with Gasteiger partial charge in [-0.15, -0.1) is 0 Å². The summed E-state index contributed by atoms with van der Waals surface area (Å²) in [5, 5.41) is 9.17. The maximum Gasteiger partial charge on any atom is 1.00 e. The van der Waals surface area contributed by atoms with Gasteiger partial charge in [0.15, 0.2) is 0 Å². The van der Waals surface area contributed by atoms with E-state index >= 15 is 0 Å². The molecule has 0 amide bonds. The van der Waals surface area contributed by atoms with E-state index in [1.54, 1.807) is 0 Å². The minimum atomic E-state index is -5.09. The maximum absolute atomic E-state index is 10.8. The van der Waals surface area contributed by atoms with Crippen LogP contribution >= 0.6 is 34.8 Å². The Morgan fingerprint density at radius 3 is 1.89 bits per heavy atom. The summed E-state index contributed by atoms with van der Waals surface area (Å²) in [6, 6.07) is 0.690. The van der Waals surface area contributed by atoms with Crippen molar-refractivity contribution < 1.29 is 126 Å². The summed E-state index contributed by atoms with van der Waals surface area (Å²) in [5.41, 5.74) is -0.922. The normalized spacial score (nSPS) is 10.2. The average Bonchev–Trinajstić information content (AvgIpc) is 2.10. The van der Waals surface area contributed by atoms with E-state index in [0.29, 0.717) is 6.07 Å². The molecule has 0 heterocycles. The second-order valence-corrected chi connectivity index (χ2v) is 5.08. The van der Waals surface area contributed by atoms with Gasteiger partial charge in [-0.1, -0.05) is 34.8 Å². The van der Waals surface area contributed by atoms with Crippen molar-refractivity contribution >= 4 is 50.9 Å². The predicted octanol–water partition coefficient (Wildman–Crippen LogP) is -5.08. The van der Waals surface area contributed by atoms with Gasteiger partial charge in [-0.3, -0.25) is 0 Å². The molecule has 0 saturated carbocycles. The Morgan fingerprint density at radius 2 is 1.56 bits per heavy atom. The molecule has 1 aromatic carbocycles. The van der Waals surface area contributed by atoms with Gasteiger partial charge in [-0.25, -0.2) is 8.42 Å². The second-order valence-electron chi connectivity index (χ2n) is 2.60. The molecular weight excluding hydrogens is 381 g/mol. The van der Waals surface area contributed by atoms with E-state index in [0.717, 1.165) is 0 Å². The summed E-state index contributed by atoms with van der Waals surface area (Å²) in [6.45, 7) is 0. The Kier molecular flexibility index (Phi) is 11.5. The third-order valence-corrected chi connectivity index (χ3v) is 3.89. The fourth-order valence-corrected chi connectivity index (χ4v) is 2.65. The topological polar surface area (TPSA) is 97.3 Å². The van der Waals surface area contributed by atoms with Crippen LogP contribution in [-0.2, 0) is 10.1 Å². The van der Waals surface area contributed by atoms with Crippen molar-refractivity contribution in [3.63, 3.8) is 0 Å². The SMILES string of the molecule is O=C([O-])c1cc(Cl)c(Cl)c(Cl)c1S(=O)(=O)[O-].[K+].[K+]. The van der Waals surface area contributed by atoms with Gasteiger partial charge >= 0.3 is 103 Å². The number of carbonyl (C=O) groups is 1. The molecule has 18 heavy (non-hydrogen) atoms. The third-order valence-electron chi connectivity index (χ3n) is 1.59. The summed E-state index contributed by atoms with van der Waals surface area (Å²) in [6.07, 6.45) is 0. The molecule has 0 fully saturated rings. The first-order valence-corrected chi connectivity index (χ1v) is 6.05. The van der Waals surface area contributed by atoms with Crippen LogP contribution < -0.4 is 108 Å². The van der Waals surface area contributed by atoms with Crippen molar-refractivity contribution in [3.8, 4) is 0 Å². The molecule has 0 atom stereocenters. The molecule has 0 aliphatic heterocycles. The van der Waals surface area contributed by atoms with E-state index in [1.165, 1.54) is 0 Å². The molecule has 0 radical (unpaired) electrons. The third kappa shape index (κ3) is 5.50. The van der Waals surface area contributed by atoms with Crippen LogP contribution in [0.4, 0.5) is 0 Å². The molecule has 11 heteroatoms. The van der Waals surface area contributed by atoms with Crippen molar-refractivity contribution in [2.24, 2.45) is 0 Å². The van der Waals surface area contributed by atoms with Crippen LogP contribution in [0, 0.1) is 0 Å². The predicted molar refractivity (Wildman–Crippen MR) is 53.8 cm³/mol. The Balaban J connectivity index is 0. The van der Waals surface area contributed by atoms with E-state index in [1.807, 2.05) is 0 Å². The van der Waals surface area contributed by atoms with E-state index < -0.39 is 36.6 Å². The molecule has 0 saturated heterocycles. The molecule has 1 rings (SSSR count). The van der Waals surface area contributed by atoms with E-state index in [-0.39, 0.29) is 108 Å². The van der Waals surface area contributed by atoms with Crippen molar-refractivity contribution in [3.05, 3.63) is 26.7 Å². The number of rotatable bonds is 2. The molecule has 0 aliphatic carbocycles. The quantitative estimate of drug-likeness (QED) is 0.290. The van der Waals surface area contributed by atoms with Gasteiger partial charge in [0.05, 0.1) is 25.9 Å². The first kappa shape index (κ1) is 23.0. The van der Waals surface area contributed by atoms with Crippen LogP contribution in [0.15, 0.2) is 11.0 Å². The molecule has 0 bridgehead atoms. The zero-order valence-corrected chi connectivity index (χ0v) is 18.5. The van der Waals surface area contributed by atoms with Crippen molar-refractivity contribution in [2.45, 2.75) is 4.90 Å². The molecule has 88 valence electrons. The number of carboxylic acids is 1. The second kappa shape index (κ2) is 9.01. The summed E-state index contributed by atoms with van der Waals surface area (Å²) >= 11 is 16.4. The number of carboxylic acid groups (broad SMARTS) is 1. The minimum Gasteiger partial charge on any atom is -0.744 e. The Labute approximate surface area is 203 Å². The number of halogens is 3. The van der Waals surface area contributed by atoms with Crippen LogP contribution in [0.3, 0.4) is 0 Å². The van der Waals surface area contributed by atoms with Gasteiger partial charge in [-0.05, 0) is 6.07 Å². The van der Waals surface area contributed by atoms with Crippen molar-refractivity contribution in [1.29, 1.82) is 0 Å². The van der Waals surface area contributed by atoms with E-state index in [4.69, 9.17) is 34.8 Å². The zero-order valence-electron chi connectivity index (χ0n) is 9.16. The van der Waals surface area contributed by atoms with Crippen LogP contribution in [0.2, 0.25) is 15.1 Å². The fraction of sp³-hybridized carbons (Fsp3) is 0. The summed E-state index contributed by atoms with van der Waals surface area (Å²) in [7, 11) is -5.09. The summed E-state index contributed by atoms with van der Waals surface area (Å²) in [4.78, 5) is 9.46. The van der Waals surface area contributed by atoms with Crippen molar-refractivity contribution in [2.75, 3.05) is 0 Å². The summed E-state index contributed by atoms with van der Waals surface area (Å²) in [5.74, 6) is -1.89. The first-order valence-electron chi connectivity index (χ1n) is 3.51. The van der Waals surface area contributed by atoms with Gasteiger partial charge in [0.25, 0.3) is 0 Å². The monoisotopic (exact) mass is 380 g/mol. The molecule has 0 aliphatic rings. The fourth-order valence-electron chi connectivity index (χ4n) is 0.974. The molecule has 0 unspecified atom stereocenters. The van der Waals surface area contributed by atoms with Gasteiger partial charge in [0.1, 0.15) is 10.1 Å². The van der Waals surface area contributed by atoms with Crippen LogP contribution in [0.25, 0.3) is 0 Å². The molecule has 0 N–H and O–H groups in total. The number of hydrogen-bond donors (Lipinski definition) is 0. The summed E-state index contributed by atoms with van der Waals surface area (Å²) < 4.78 is 32.4. The van der Waals surface area contributed by atoms with Crippen LogP contribution in [0.5, 0.6) is 0 Å². The average molecular weight is 382 g/mol. The maximum atomic E-state index is 10.8. The standard InChI is InChI=1S/C7H3Cl3O5S.2K/c8-3-1-2(7(11)12)6(16(13,14)15)5(10)4(3)9;;/h1H,(H,11,12)(H,13,14,15);;/q;2*+1/p-2. The van der Waals surface area contributed by atoms with Gasteiger partial charge in [0, 0.05) is 5.56 Å². The number of benzene rings is 1. The number of aromatic carboxylic acids is 1. The van der Waals surface area contributed by atoms with Crippen LogP contribution in [0.1, 0.15) is 10.4 Å². The molecule has 1 aromatic rings. The van der Waals surface area contributed by atoms with Gasteiger partial charge in [0.2, 0.25) is 0 Å². The molecule has 0 aromatic heterocycles. The van der Waals surface area contributed by atoms with Gasteiger partial charge < -0.3 is 14.5 Å². The largest absolute Gasteiger partial charge is 1.00 e. The zero-order chi connectivity index (χ0) is 12.7. The Hall–Kier alpha value is 2.74. The Morgan fingerprint density at radius 1 is 1.11 bits per heavy atom.